The van der Waals surface area contributed by atoms with E-state index in [-0.39, 0.29) is 23.8 Å². The Morgan fingerprint density at radius 2 is 1.76 bits per heavy atom. The lowest BCUT2D eigenvalue weighted by Gasteiger charge is -2.18. The van der Waals surface area contributed by atoms with Crippen LogP contribution >= 0.6 is 15.9 Å². The van der Waals surface area contributed by atoms with Crippen LogP contribution in [0.1, 0.15) is 42.6 Å². The van der Waals surface area contributed by atoms with E-state index in [2.05, 4.69) is 15.9 Å². The molecule has 0 aliphatic heterocycles. The highest BCUT2D eigenvalue weighted by molar-refractivity contribution is 9.10. The first-order valence-electron chi connectivity index (χ1n) is 6.54. The van der Waals surface area contributed by atoms with Gasteiger partial charge in [0.25, 0.3) is 5.78 Å². The van der Waals surface area contributed by atoms with Gasteiger partial charge in [0.05, 0.1) is 26.4 Å². The Kier molecular flexibility index (Phi) is 6.20. The fourth-order valence-corrected chi connectivity index (χ4v) is 2.71. The van der Waals surface area contributed by atoms with E-state index in [0.717, 1.165) is 5.56 Å². The van der Waals surface area contributed by atoms with Crippen molar-refractivity contribution in [2.24, 2.45) is 0 Å². The molecule has 0 fully saturated rings. The number of halogens is 1. The van der Waals surface area contributed by atoms with Gasteiger partial charge in [0.1, 0.15) is 16.0 Å². The van der Waals surface area contributed by atoms with Crippen LogP contribution in [-0.2, 0) is 9.53 Å². The molecule has 0 radical (unpaired) electrons. The molecule has 21 heavy (non-hydrogen) atoms. The normalized spacial score (nSPS) is 10.4. The Bertz CT molecular complexity index is 551. The number of hydrogen-bond acceptors (Lipinski definition) is 5. The maximum Gasteiger partial charge on any atom is 0.379 e. The quantitative estimate of drug-likeness (QED) is 0.443. The molecule has 0 spiro atoms. The van der Waals surface area contributed by atoms with E-state index < -0.39 is 11.8 Å². The molecule has 6 heteroatoms. The van der Waals surface area contributed by atoms with Gasteiger partial charge in [0.2, 0.25) is 0 Å². The van der Waals surface area contributed by atoms with E-state index in [4.69, 9.17) is 14.2 Å². The molecule has 0 N–H and O–H groups in total. The first-order chi connectivity index (χ1) is 9.88. The van der Waals surface area contributed by atoms with Crippen LogP contribution in [-0.4, -0.2) is 32.6 Å². The van der Waals surface area contributed by atoms with E-state index in [1.54, 1.807) is 13.0 Å². The number of Topliss-reactive ketones (excluding diaryl/α,β-unsaturated/α-hetero) is 1. The second-order valence-electron chi connectivity index (χ2n) is 4.60. The summed E-state index contributed by atoms with van der Waals surface area (Å²) < 4.78 is 15.9. The summed E-state index contributed by atoms with van der Waals surface area (Å²) in [5, 5.41) is 0. The molecule has 0 aliphatic rings. The van der Waals surface area contributed by atoms with Crippen LogP contribution in [0, 0.1) is 0 Å². The van der Waals surface area contributed by atoms with Gasteiger partial charge in [-0.3, -0.25) is 4.79 Å². The lowest BCUT2D eigenvalue weighted by Crippen LogP contribution is -2.19. The Labute approximate surface area is 132 Å². The molecule has 0 unspecified atom stereocenters. The van der Waals surface area contributed by atoms with E-state index >= 15 is 0 Å². The van der Waals surface area contributed by atoms with Gasteiger partial charge >= 0.3 is 5.97 Å². The predicted octanol–water partition coefficient (Wildman–Crippen LogP) is 3.34. The number of esters is 1. The van der Waals surface area contributed by atoms with Crippen LogP contribution in [0.5, 0.6) is 11.5 Å². The molecule has 1 rings (SSSR count). The highest BCUT2D eigenvalue weighted by Crippen LogP contribution is 2.43. The van der Waals surface area contributed by atoms with Gasteiger partial charge < -0.3 is 14.2 Å². The SMILES string of the molecule is CCOC(=O)C(=O)c1cc(C(C)C)c(OC)c(Br)c1OC. The molecule has 0 aromatic heterocycles. The van der Waals surface area contributed by atoms with Crippen LogP contribution in [0.4, 0.5) is 0 Å². The zero-order valence-corrected chi connectivity index (χ0v) is 14.4. The average molecular weight is 359 g/mol. The molecular formula is C15H19BrO5. The van der Waals surface area contributed by atoms with Gasteiger partial charge in [0, 0.05) is 0 Å². The molecular weight excluding hydrogens is 340 g/mol. The number of ketones is 1. The number of carbonyl (C=O) groups excluding carboxylic acids is 2. The fourth-order valence-electron chi connectivity index (χ4n) is 1.95. The highest BCUT2D eigenvalue weighted by Gasteiger charge is 2.27. The molecule has 5 nitrogen and oxygen atoms in total. The second kappa shape index (κ2) is 7.45. The first kappa shape index (κ1) is 17.5. The number of rotatable bonds is 6. The van der Waals surface area contributed by atoms with Crippen molar-refractivity contribution in [1.82, 2.24) is 0 Å². The minimum Gasteiger partial charge on any atom is -0.495 e. The van der Waals surface area contributed by atoms with Crippen molar-refractivity contribution in [2.75, 3.05) is 20.8 Å². The van der Waals surface area contributed by atoms with Crippen molar-refractivity contribution >= 4 is 27.7 Å². The van der Waals surface area contributed by atoms with Crippen molar-refractivity contribution in [2.45, 2.75) is 26.7 Å². The molecule has 1 aromatic carbocycles. The lowest BCUT2D eigenvalue weighted by atomic mass is 9.97. The van der Waals surface area contributed by atoms with Crippen LogP contribution in [0.15, 0.2) is 10.5 Å². The molecule has 0 saturated carbocycles. The Morgan fingerprint density at radius 1 is 1.19 bits per heavy atom. The smallest absolute Gasteiger partial charge is 0.379 e. The molecule has 0 amide bonds. The van der Waals surface area contributed by atoms with Crippen molar-refractivity contribution in [3.05, 3.63) is 21.7 Å². The minimum atomic E-state index is -0.900. The summed E-state index contributed by atoms with van der Waals surface area (Å²) in [5.74, 6) is -0.686. The van der Waals surface area contributed by atoms with E-state index in [1.807, 2.05) is 13.8 Å². The van der Waals surface area contributed by atoms with Crippen LogP contribution in [0.3, 0.4) is 0 Å². The number of ether oxygens (including phenoxy) is 3. The third-order valence-electron chi connectivity index (χ3n) is 2.94. The summed E-state index contributed by atoms with van der Waals surface area (Å²) in [6.07, 6.45) is 0. The molecule has 0 aliphatic carbocycles. The molecule has 0 atom stereocenters. The molecule has 1 aromatic rings. The zero-order valence-electron chi connectivity index (χ0n) is 12.8. The Balaban J connectivity index is 3.51. The van der Waals surface area contributed by atoms with E-state index in [9.17, 15) is 9.59 Å². The third-order valence-corrected chi connectivity index (χ3v) is 3.66. The zero-order chi connectivity index (χ0) is 16.2. The second-order valence-corrected chi connectivity index (χ2v) is 5.39. The number of benzene rings is 1. The highest BCUT2D eigenvalue weighted by atomic mass is 79.9. The monoisotopic (exact) mass is 358 g/mol. The molecule has 0 saturated heterocycles. The van der Waals surface area contributed by atoms with Crippen molar-refractivity contribution in [3.8, 4) is 11.5 Å². The summed E-state index contributed by atoms with van der Waals surface area (Å²) in [6, 6.07) is 1.62. The lowest BCUT2D eigenvalue weighted by molar-refractivity contribution is -0.137. The van der Waals surface area contributed by atoms with Gasteiger partial charge in [-0.1, -0.05) is 13.8 Å². The maximum atomic E-state index is 12.2. The van der Waals surface area contributed by atoms with Crippen LogP contribution in [0.2, 0.25) is 0 Å². The molecule has 0 bridgehead atoms. The predicted molar refractivity (Wildman–Crippen MR) is 82.3 cm³/mol. The maximum absolute atomic E-state index is 12.2. The number of hydrogen-bond donors (Lipinski definition) is 0. The summed E-state index contributed by atoms with van der Waals surface area (Å²) in [6.45, 7) is 5.72. The summed E-state index contributed by atoms with van der Waals surface area (Å²) in [7, 11) is 2.97. The van der Waals surface area contributed by atoms with Gasteiger partial charge in [-0.15, -0.1) is 0 Å². The van der Waals surface area contributed by atoms with Gasteiger partial charge in [-0.05, 0) is 40.4 Å². The Hall–Kier alpha value is -1.56. The van der Waals surface area contributed by atoms with E-state index in [0.29, 0.717) is 10.2 Å². The first-order valence-corrected chi connectivity index (χ1v) is 7.34. The number of methoxy groups -OCH3 is 2. The summed E-state index contributed by atoms with van der Waals surface area (Å²) in [5.41, 5.74) is 0.963. The summed E-state index contributed by atoms with van der Waals surface area (Å²) >= 11 is 3.37. The topological polar surface area (TPSA) is 61.8 Å². The van der Waals surface area contributed by atoms with Crippen molar-refractivity contribution < 1.29 is 23.8 Å². The average Bonchev–Trinajstić information content (AvgIpc) is 2.45. The minimum absolute atomic E-state index is 0.107. The third kappa shape index (κ3) is 3.56. The fraction of sp³-hybridized carbons (Fsp3) is 0.467. The van der Waals surface area contributed by atoms with Crippen LogP contribution < -0.4 is 9.47 Å². The van der Waals surface area contributed by atoms with Gasteiger partial charge in [-0.25, -0.2) is 4.79 Å². The van der Waals surface area contributed by atoms with Crippen LogP contribution in [0.25, 0.3) is 0 Å². The van der Waals surface area contributed by atoms with Gasteiger partial charge in [-0.2, -0.15) is 0 Å². The van der Waals surface area contributed by atoms with Gasteiger partial charge in [0.15, 0.2) is 0 Å². The summed E-state index contributed by atoms with van der Waals surface area (Å²) in [4.78, 5) is 23.9. The standard InChI is InChI=1S/C15H19BrO5/c1-6-21-15(18)12(17)10-7-9(8(2)3)13(19-4)11(16)14(10)20-5/h7-8H,6H2,1-5H3. The number of carbonyl (C=O) groups is 2. The largest absolute Gasteiger partial charge is 0.495 e. The van der Waals surface area contributed by atoms with E-state index in [1.165, 1.54) is 14.2 Å². The Morgan fingerprint density at radius 3 is 2.19 bits per heavy atom. The van der Waals surface area contributed by atoms with Crippen molar-refractivity contribution in [3.63, 3.8) is 0 Å². The molecule has 0 heterocycles. The van der Waals surface area contributed by atoms with Crippen molar-refractivity contribution in [1.29, 1.82) is 0 Å². The molecule has 116 valence electrons.